The van der Waals surface area contributed by atoms with Gasteiger partial charge in [0.05, 0.1) is 6.54 Å². The Morgan fingerprint density at radius 3 is 2.37 bits per heavy atom. The third-order valence-electron chi connectivity index (χ3n) is 2.80. The van der Waals surface area contributed by atoms with Gasteiger partial charge in [-0.3, -0.25) is 4.79 Å². The first-order valence-electron chi connectivity index (χ1n) is 6.00. The van der Waals surface area contributed by atoms with Gasteiger partial charge in [-0.05, 0) is 22.8 Å². The third kappa shape index (κ3) is 3.66. The first kappa shape index (κ1) is 13.8. The number of carbonyl (C=O) groups is 1. The minimum absolute atomic E-state index is 0.185. The molecule has 0 aliphatic heterocycles. The lowest BCUT2D eigenvalue weighted by atomic mass is 10.00. The summed E-state index contributed by atoms with van der Waals surface area (Å²) in [4.78, 5) is 10.8. The minimum atomic E-state index is -0.349. The zero-order valence-electron chi connectivity index (χ0n) is 10.4. The molecule has 0 aliphatic rings. The molecule has 0 aliphatic carbocycles. The zero-order chi connectivity index (χ0) is 13.7. The Bertz CT molecular complexity index is 584. The Balaban J connectivity index is 2.26. The molecule has 3 N–H and O–H groups in total. The first-order valence-corrected chi connectivity index (χ1v) is 6.79. The highest BCUT2D eigenvalue weighted by Crippen LogP contribution is 2.30. The number of primary amides is 1. The fourth-order valence-corrected chi connectivity index (χ4v) is 2.44. The van der Waals surface area contributed by atoms with Gasteiger partial charge in [-0.15, -0.1) is 0 Å². The second kappa shape index (κ2) is 6.50. The second-order valence-electron chi connectivity index (χ2n) is 4.21. The summed E-state index contributed by atoms with van der Waals surface area (Å²) in [5, 5.41) is 3.04. The van der Waals surface area contributed by atoms with Crippen molar-refractivity contribution in [1.82, 2.24) is 5.32 Å². The van der Waals surface area contributed by atoms with Gasteiger partial charge < -0.3 is 11.1 Å². The molecule has 19 heavy (non-hydrogen) atoms. The Hall–Kier alpha value is -1.65. The summed E-state index contributed by atoms with van der Waals surface area (Å²) < 4.78 is 1.05. The van der Waals surface area contributed by atoms with Crippen LogP contribution >= 0.6 is 15.9 Å². The van der Waals surface area contributed by atoms with Crippen molar-refractivity contribution in [2.45, 2.75) is 6.54 Å². The summed E-state index contributed by atoms with van der Waals surface area (Å²) in [6, 6.07) is 16.2. The van der Waals surface area contributed by atoms with Crippen molar-refractivity contribution in [3.05, 3.63) is 58.6 Å². The number of nitrogens with one attached hydrogen (secondary N) is 1. The number of hydrogen-bond donors (Lipinski definition) is 2. The molecule has 0 aromatic heterocycles. The Morgan fingerprint density at radius 2 is 1.68 bits per heavy atom. The minimum Gasteiger partial charge on any atom is -0.369 e. The molecule has 2 aromatic rings. The normalized spacial score (nSPS) is 10.4. The summed E-state index contributed by atoms with van der Waals surface area (Å²) in [5.41, 5.74) is 8.54. The number of amides is 1. The highest BCUT2D eigenvalue weighted by Gasteiger charge is 2.07. The van der Waals surface area contributed by atoms with Gasteiger partial charge >= 0.3 is 0 Å². The van der Waals surface area contributed by atoms with E-state index in [1.807, 2.05) is 36.4 Å². The van der Waals surface area contributed by atoms with Gasteiger partial charge in [-0.25, -0.2) is 0 Å². The molecule has 98 valence electrons. The van der Waals surface area contributed by atoms with E-state index in [2.05, 4.69) is 33.4 Å². The van der Waals surface area contributed by atoms with E-state index in [-0.39, 0.29) is 12.5 Å². The molecular weight excluding hydrogens is 304 g/mol. The van der Waals surface area contributed by atoms with Crippen LogP contribution in [0.5, 0.6) is 0 Å². The maximum atomic E-state index is 10.8. The van der Waals surface area contributed by atoms with Crippen LogP contribution in [0.3, 0.4) is 0 Å². The average molecular weight is 319 g/mol. The smallest absolute Gasteiger partial charge is 0.231 e. The molecule has 0 fully saturated rings. The van der Waals surface area contributed by atoms with Gasteiger partial charge in [0, 0.05) is 11.0 Å². The molecule has 0 saturated heterocycles. The monoisotopic (exact) mass is 318 g/mol. The maximum Gasteiger partial charge on any atom is 0.231 e. The largest absolute Gasteiger partial charge is 0.369 e. The number of nitrogens with two attached hydrogens (primary N) is 1. The van der Waals surface area contributed by atoms with Crippen LogP contribution < -0.4 is 11.1 Å². The molecule has 2 rings (SSSR count). The van der Waals surface area contributed by atoms with E-state index < -0.39 is 0 Å². The van der Waals surface area contributed by atoms with Crippen molar-refractivity contribution < 1.29 is 4.79 Å². The molecule has 4 heteroatoms. The van der Waals surface area contributed by atoms with Crippen LogP contribution in [0.4, 0.5) is 0 Å². The number of benzene rings is 2. The highest BCUT2D eigenvalue weighted by molar-refractivity contribution is 9.10. The summed E-state index contributed by atoms with van der Waals surface area (Å²) in [6.45, 7) is 0.796. The van der Waals surface area contributed by atoms with Crippen molar-refractivity contribution in [3.63, 3.8) is 0 Å². The van der Waals surface area contributed by atoms with E-state index >= 15 is 0 Å². The van der Waals surface area contributed by atoms with Crippen molar-refractivity contribution >= 4 is 21.8 Å². The van der Waals surface area contributed by atoms with Crippen LogP contribution in [0.25, 0.3) is 11.1 Å². The molecule has 2 aromatic carbocycles. The predicted octanol–water partition coefficient (Wildman–Crippen LogP) is 2.69. The Labute approximate surface area is 121 Å². The van der Waals surface area contributed by atoms with E-state index in [1.165, 1.54) is 0 Å². The van der Waals surface area contributed by atoms with Gasteiger partial charge in [0.15, 0.2) is 0 Å². The van der Waals surface area contributed by atoms with E-state index in [0.717, 1.165) is 21.2 Å². The third-order valence-corrected chi connectivity index (χ3v) is 3.49. The number of halogens is 1. The SMILES string of the molecule is NC(=O)CNCc1ccccc1-c1ccccc1Br. The lowest BCUT2D eigenvalue weighted by molar-refractivity contribution is -0.117. The molecule has 0 spiro atoms. The summed E-state index contributed by atoms with van der Waals surface area (Å²) >= 11 is 3.56. The first-order chi connectivity index (χ1) is 9.18. The maximum absolute atomic E-state index is 10.8. The summed E-state index contributed by atoms with van der Waals surface area (Å²) in [7, 11) is 0. The fourth-order valence-electron chi connectivity index (χ4n) is 1.94. The molecule has 0 unspecified atom stereocenters. The average Bonchev–Trinajstić information content (AvgIpc) is 2.40. The molecule has 0 heterocycles. The van der Waals surface area contributed by atoms with E-state index in [1.54, 1.807) is 0 Å². The van der Waals surface area contributed by atoms with Crippen molar-refractivity contribution in [1.29, 1.82) is 0 Å². The van der Waals surface area contributed by atoms with E-state index in [9.17, 15) is 4.79 Å². The fraction of sp³-hybridized carbons (Fsp3) is 0.133. The number of rotatable bonds is 5. The molecule has 1 amide bonds. The molecule has 0 saturated carbocycles. The van der Waals surface area contributed by atoms with Crippen LogP contribution in [0.15, 0.2) is 53.0 Å². The second-order valence-corrected chi connectivity index (χ2v) is 5.06. The van der Waals surface area contributed by atoms with Gasteiger partial charge in [-0.1, -0.05) is 58.4 Å². The number of hydrogen-bond acceptors (Lipinski definition) is 2. The Kier molecular flexibility index (Phi) is 4.71. The van der Waals surface area contributed by atoms with Gasteiger partial charge in [0.1, 0.15) is 0 Å². The topological polar surface area (TPSA) is 55.1 Å². The van der Waals surface area contributed by atoms with Gasteiger partial charge in [0.25, 0.3) is 0 Å². The van der Waals surface area contributed by atoms with Crippen LogP contribution in [0.1, 0.15) is 5.56 Å². The van der Waals surface area contributed by atoms with Crippen molar-refractivity contribution in [3.8, 4) is 11.1 Å². The molecule has 0 bridgehead atoms. The summed E-state index contributed by atoms with van der Waals surface area (Å²) in [6.07, 6.45) is 0. The van der Waals surface area contributed by atoms with Gasteiger partial charge in [-0.2, -0.15) is 0 Å². The Morgan fingerprint density at radius 1 is 1.05 bits per heavy atom. The molecule has 0 atom stereocenters. The van der Waals surface area contributed by atoms with E-state index in [4.69, 9.17) is 5.73 Å². The van der Waals surface area contributed by atoms with Gasteiger partial charge in [0.2, 0.25) is 5.91 Å². The summed E-state index contributed by atoms with van der Waals surface area (Å²) in [5.74, 6) is -0.349. The van der Waals surface area contributed by atoms with E-state index in [0.29, 0.717) is 6.54 Å². The van der Waals surface area contributed by atoms with Crippen LogP contribution in [0.2, 0.25) is 0 Å². The number of carbonyl (C=O) groups excluding carboxylic acids is 1. The van der Waals surface area contributed by atoms with Crippen molar-refractivity contribution in [2.75, 3.05) is 6.54 Å². The molecular formula is C15H15BrN2O. The quantitative estimate of drug-likeness (QED) is 0.890. The van der Waals surface area contributed by atoms with Crippen LogP contribution in [-0.4, -0.2) is 12.5 Å². The lowest BCUT2D eigenvalue weighted by Crippen LogP contribution is -2.28. The van der Waals surface area contributed by atoms with Crippen molar-refractivity contribution in [2.24, 2.45) is 5.73 Å². The standard InChI is InChI=1S/C15H15BrN2O/c16-14-8-4-3-7-13(14)12-6-2-1-5-11(12)9-18-10-15(17)19/h1-8,18H,9-10H2,(H2,17,19). The van der Waals surface area contributed by atoms with Crippen LogP contribution in [0, 0.1) is 0 Å². The predicted molar refractivity (Wildman–Crippen MR) is 80.5 cm³/mol. The lowest BCUT2D eigenvalue weighted by Gasteiger charge is -2.11. The highest BCUT2D eigenvalue weighted by atomic mass is 79.9. The van der Waals surface area contributed by atoms with Crippen LogP contribution in [-0.2, 0) is 11.3 Å². The molecule has 3 nitrogen and oxygen atoms in total. The zero-order valence-corrected chi connectivity index (χ0v) is 12.0. The molecule has 0 radical (unpaired) electrons.